The lowest BCUT2D eigenvalue weighted by molar-refractivity contribution is 0.0937. The fraction of sp³-hybridized carbons (Fsp3) is 0.316. The number of methoxy groups -OCH3 is 2. The molecule has 1 saturated heterocycles. The van der Waals surface area contributed by atoms with Gasteiger partial charge in [-0.2, -0.15) is 0 Å². The normalized spacial score (nSPS) is 16.5. The first kappa shape index (κ1) is 18.3. The summed E-state index contributed by atoms with van der Waals surface area (Å²) >= 11 is 6.10. The summed E-state index contributed by atoms with van der Waals surface area (Å²) in [5.74, 6) is 0.238. The summed E-state index contributed by atoms with van der Waals surface area (Å²) in [7, 11) is 3.06. The molecule has 1 amide bonds. The van der Waals surface area contributed by atoms with Crippen LogP contribution in [0.3, 0.4) is 0 Å². The Labute approximate surface area is 156 Å². The maximum atomic E-state index is 13.5. The molecule has 1 aliphatic heterocycles. The Hall–Kier alpha value is -2.47. The summed E-state index contributed by atoms with van der Waals surface area (Å²) in [6.07, 6.45) is 0.763. The van der Waals surface area contributed by atoms with Crippen LogP contribution in [0.4, 0.5) is 10.1 Å². The number of amides is 1. The van der Waals surface area contributed by atoms with Gasteiger partial charge in [0.2, 0.25) is 0 Å². The summed E-state index contributed by atoms with van der Waals surface area (Å²) in [5.41, 5.74) is 1.08. The van der Waals surface area contributed by atoms with Crippen LogP contribution in [0.25, 0.3) is 0 Å². The summed E-state index contributed by atoms with van der Waals surface area (Å²) in [4.78, 5) is 14.6. The molecule has 1 aliphatic rings. The van der Waals surface area contributed by atoms with Gasteiger partial charge in [-0.05, 0) is 42.8 Å². The third kappa shape index (κ3) is 3.85. The molecule has 1 heterocycles. The van der Waals surface area contributed by atoms with Crippen LogP contribution in [0.2, 0.25) is 5.02 Å². The number of carbonyl (C=O) groups excluding carboxylic acids is 1. The highest BCUT2D eigenvalue weighted by atomic mass is 35.5. The minimum Gasteiger partial charge on any atom is -0.496 e. The van der Waals surface area contributed by atoms with Gasteiger partial charge < -0.3 is 19.7 Å². The number of carbonyl (C=O) groups is 1. The number of hydrogen-bond donors (Lipinski definition) is 1. The smallest absolute Gasteiger partial charge is 0.255 e. The molecule has 0 radical (unpaired) electrons. The Kier molecular flexibility index (Phi) is 5.52. The van der Waals surface area contributed by atoms with Crippen molar-refractivity contribution >= 4 is 23.2 Å². The zero-order valence-electron chi connectivity index (χ0n) is 14.6. The molecule has 7 heteroatoms. The van der Waals surface area contributed by atoms with Gasteiger partial charge in [-0.3, -0.25) is 4.79 Å². The average Bonchev–Trinajstić information content (AvgIpc) is 3.10. The number of benzene rings is 2. The molecule has 0 spiro atoms. The minimum absolute atomic E-state index is 0.0702. The first-order valence-electron chi connectivity index (χ1n) is 8.24. The molecule has 3 rings (SSSR count). The lowest BCUT2D eigenvalue weighted by Crippen LogP contribution is -2.37. The molecular formula is C19H20ClFN2O3. The van der Waals surface area contributed by atoms with Crippen LogP contribution in [-0.4, -0.2) is 39.3 Å². The molecule has 26 heavy (non-hydrogen) atoms. The van der Waals surface area contributed by atoms with Crippen molar-refractivity contribution < 1.29 is 18.7 Å². The number of nitrogens with one attached hydrogen (secondary N) is 1. The summed E-state index contributed by atoms with van der Waals surface area (Å²) in [6, 6.07) is 9.26. The number of rotatable bonds is 5. The molecule has 1 atom stereocenters. The minimum atomic E-state index is -0.479. The Balaban J connectivity index is 1.71. The fourth-order valence-electron chi connectivity index (χ4n) is 3.13. The van der Waals surface area contributed by atoms with Gasteiger partial charge in [0.1, 0.15) is 17.3 Å². The van der Waals surface area contributed by atoms with Crippen molar-refractivity contribution in [2.75, 3.05) is 32.2 Å². The van der Waals surface area contributed by atoms with Crippen LogP contribution in [0.1, 0.15) is 16.8 Å². The van der Waals surface area contributed by atoms with E-state index in [1.165, 1.54) is 25.3 Å². The van der Waals surface area contributed by atoms with Crippen molar-refractivity contribution in [2.45, 2.75) is 12.5 Å². The Bertz CT molecular complexity index is 815. The van der Waals surface area contributed by atoms with Gasteiger partial charge in [0.25, 0.3) is 5.91 Å². The molecular weight excluding hydrogens is 359 g/mol. The van der Waals surface area contributed by atoms with Crippen LogP contribution in [0.15, 0.2) is 36.4 Å². The molecule has 0 bridgehead atoms. The van der Waals surface area contributed by atoms with Crippen LogP contribution >= 0.6 is 11.6 Å². The van der Waals surface area contributed by atoms with Crippen molar-refractivity contribution in [3.05, 3.63) is 52.8 Å². The number of nitrogens with zero attached hydrogens (tertiary/aromatic N) is 1. The van der Waals surface area contributed by atoms with E-state index in [0.717, 1.165) is 24.4 Å². The lowest BCUT2D eigenvalue weighted by Gasteiger charge is -2.22. The second-order valence-electron chi connectivity index (χ2n) is 6.07. The molecule has 0 aromatic heterocycles. The SMILES string of the molecule is COc1ccc(F)cc1C(=O)NC1CCN(c2cc(Cl)ccc2OC)C1. The van der Waals surface area contributed by atoms with Gasteiger partial charge in [-0.1, -0.05) is 11.6 Å². The van der Waals surface area contributed by atoms with E-state index in [-0.39, 0.29) is 17.5 Å². The standard InChI is InChI=1S/C19H20ClFN2O3/c1-25-17-6-4-13(21)10-15(17)19(24)22-14-7-8-23(11-14)16-9-12(20)3-5-18(16)26-2/h3-6,9-10,14H,7-8,11H2,1-2H3,(H,22,24). The highest BCUT2D eigenvalue weighted by Crippen LogP contribution is 2.33. The van der Waals surface area contributed by atoms with Crippen LogP contribution in [-0.2, 0) is 0 Å². The van der Waals surface area contributed by atoms with Gasteiger partial charge in [0, 0.05) is 24.2 Å². The number of halogens is 2. The molecule has 1 fully saturated rings. The average molecular weight is 379 g/mol. The van der Waals surface area contributed by atoms with E-state index in [1.54, 1.807) is 13.2 Å². The molecule has 2 aromatic rings. The molecule has 138 valence electrons. The summed E-state index contributed by atoms with van der Waals surface area (Å²) in [5, 5.41) is 3.57. The highest BCUT2D eigenvalue weighted by molar-refractivity contribution is 6.30. The summed E-state index contributed by atoms with van der Waals surface area (Å²) < 4.78 is 24.0. The lowest BCUT2D eigenvalue weighted by atomic mass is 10.1. The van der Waals surface area contributed by atoms with Crippen LogP contribution < -0.4 is 19.7 Å². The maximum absolute atomic E-state index is 13.5. The molecule has 1 unspecified atom stereocenters. The number of hydrogen-bond acceptors (Lipinski definition) is 4. The number of anilines is 1. The first-order valence-corrected chi connectivity index (χ1v) is 8.62. The number of ether oxygens (including phenoxy) is 2. The summed E-state index contributed by atoms with van der Waals surface area (Å²) in [6.45, 7) is 1.36. The van der Waals surface area contributed by atoms with Crippen LogP contribution in [0.5, 0.6) is 11.5 Å². The van der Waals surface area contributed by atoms with Crippen molar-refractivity contribution in [3.8, 4) is 11.5 Å². The van der Waals surface area contributed by atoms with Crippen molar-refractivity contribution in [2.24, 2.45) is 0 Å². The van der Waals surface area contributed by atoms with Gasteiger partial charge in [0.15, 0.2) is 0 Å². The predicted octanol–water partition coefficient (Wildman–Crippen LogP) is 3.51. The Morgan fingerprint density at radius 1 is 1.19 bits per heavy atom. The monoisotopic (exact) mass is 378 g/mol. The molecule has 2 aromatic carbocycles. The van der Waals surface area contributed by atoms with E-state index in [1.807, 2.05) is 12.1 Å². The first-order chi connectivity index (χ1) is 12.5. The molecule has 0 aliphatic carbocycles. The second kappa shape index (κ2) is 7.83. The third-order valence-corrected chi connectivity index (χ3v) is 4.65. The zero-order chi connectivity index (χ0) is 18.7. The molecule has 1 N–H and O–H groups in total. The topological polar surface area (TPSA) is 50.8 Å². The van der Waals surface area contributed by atoms with Gasteiger partial charge in [0.05, 0.1) is 25.5 Å². The van der Waals surface area contributed by atoms with E-state index in [4.69, 9.17) is 21.1 Å². The van der Waals surface area contributed by atoms with E-state index in [9.17, 15) is 9.18 Å². The molecule has 0 saturated carbocycles. The fourth-order valence-corrected chi connectivity index (χ4v) is 3.29. The largest absolute Gasteiger partial charge is 0.496 e. The van der Waals surface area contributed by atoms with Crippen LogP contribution in [0, 0.1) is 5.82 Å². The second-order valence-corrected chi connectivity index (χ2v) is 6.50. The van der Waals surface area contributed by atoms with Crippen molar-refractivity contribution in [1.29, 1.82) is 0 Å². The molecule has 5 nitrogen and oxygen atoms in total. The quantitative estimate of drug-likeness (QED) is 0.865. The van der Waals surface area contributed by atoms with E-state index < -0.39 is 5.82 Å². The van der Waals surface area contributed by atoms with E-state index >= 15 is 0 Å². The predicted molar refractivity (Wildman–Crippen MR) is 99.0 cm³/mol. The Morgan fingerprint density at radius 2 is 1.92 bits per heavy atom. The third-order valence-electron chi connectivity index (χ3n) is 4.41. The van der Waals surface area contributed by atoms with E-state index in [2.05, 4.69) is 10.2 Å². The zero-order valence-corrected chi connectivity index (χ0v) is 15.3. The Morgan fingerprint density at radius 3 is 2.65 bits per heavy atom. The van der Waals surface area contributed by atoms with E-state index in [0.29, 0.717) is 17.3 Å². The highest BCUT2D eigenvalue weighted by Gasteiger charge is 2.27. The maximum Gasteiger partial charge on any atom is 0.255 e. The van der Waals surface area contributed by atoms with Crippen molar-refractivity contribution in [1.82, 2.24) is 5.32 Å². The van der Waals surface area contributed by atoms with Gasteiger partial charge in [-0.15, -0.1) is 0 Å². The van der Waals surface area contributed by atoms with Gasteiger partial charge in [-0.25, -0.2) is 4.39 Å². The van der Waals surface area contributed by atoms with Gasteiger partial charge >= 0.3 is 0 Å². The van der Waals surface area contributed by atoms with Crippen molar-refractivity contribution in [3.63, 3.8) is 0 Å².